The van der Waals surface area contributed by atoms with Crippen LogP contribution in [0.3, 0.4) is 0 Å². The van der Waals surface area contributed by atoms with E-state index in [4.69, 9.17) is 0 Å². The number of carbonyl (C=O) groups is 2. The summed E-state index contributed by atoms with van der Waals surface area (Å²) in [6.45, 7) is 0.787. The summed E-state index contributed by atoms with van der Waals surface area (Å²) in [5.41, 5.74) is 2.44. The van der Waals surface area contributed by atoms with Crippen molar-refractivity contribution in [1.82, 2.24) is 15.5 Å². The first-order valence-corrected chi connectivity index (χ1v) is 6.37. The van der Waals surface area contributed by atoms with Crippen molar-refractivity contribution in [3.8, 4) is 0 Å². The number of nitrogens with one attached hydrogen (secondary N) is 2. The van der Waals surface area contributed by atoms with Crippen LogP contribution >= 0.6 is 0 Å². The highest BCUT2D eigenvalue weighted by Crippen LogP contribution is 2.17. The molecule has 1 aliphatic rings. The molecule has 1 unspecified atom stereocenters. The zero-order valence-electron chi connectivity index (χ0n) is 11.3. The smallest absolute Gasteiger partial charge is 0.240 e. The van der Waals surface area contributed by atoms with Gasteiger partial charge in [0.05, 0.1) is 12.6 Å². The topological polar surface area (TPSA) is 61.4 Å². The van der Waals surface area contributed by atoms with Crippen LogP contribution in [-0.4, -0.2) is 43.4 Å². The summed E-state index contributed by atoms with van der Waals surface area (Å²) >= 11 is 0. The second-order valence-electron chi connectivity index (χ2n) is 4.77. The summed E-state index contributed by atoms with van der Waals surface area (Å²) in [5, 5.41) is 5.74. The van der Waals surface area contributed by atoms with Gasteiger partial charge in [-0.25, -0.2) is 0 Å². The number of nitrogens with zero attached hydrogens (tertiary/aromatic N) is 1. The van der Waals surface area contributed by atoms with Crippen molar-refractivity contribution >= 4 is 11.8 Å². The molecule has 1 aromatic carbocycles. The molecule has 5 heteroatoms. The highest BCUT2D eigenvalue weighted by atomic mass is 16.2. The summed E-state index contributed by atoms with van der Waals surface area (Å²) < 4.78 is 0. The second-order valence-corrected chi connectivity index (χ2v) is 4.77. The van der Waals surface area contributed by atoms with E-state index >= 15 is 0 Å². The van der Waals surface area contributed by atoms with Gasteiger partial charge in [-0.15, -0.1) is 0 Å². The summed E-state index contributed by atoms with van der Waals surface area (Å²) in [4.78, 5) is 25.0. The minimum absolute atomic E-state index is 0.0434. The van der Waals surface area contributed by atoms with E-state index in [1.165, 1.54) is 16.0 Å². The number of rotatable bonds is 3. The lowest BCUT2D eigenvalue weighted by Crippen LogP contribution is -2.50. The molecule has 1 atom stereocenters. The number of benzene rings is 1. The van der Waals surface area contributed by atoms with Crippen molar-refractivity contribution in [2.45, 2.75) is 19.0 Å². The van der Waals surface area contributed by atoms with Crippen LogP contribution < -0.4 is 10.6 Å². The van der Waals surface area contributed by atoms with Crippen LogP contribution in [0.15, 0.2) is 24.3 Å². The van der Waals surface area contributed by atoms with Crippen LogP contribution in [0.4, 0.5) is 0 Å². The molecule has 0 aromatic heterocycles. The number of carbonyl (C=O) groups excluding carboxylic acids is 2. The molecule has 2 rings (SSSR count). The van der Waals surface area contributed by atoms with Crippen LogP contribution in [0, 0.1) is 0 Å². The van der Waals surface area contributed by atoms with Crippen molar-refractivity contribution in [2.75, 3.05) is 20.6 Å². The fourth-order valence-electron chi connectivity index (χ4n) is 2.27. The van der Waals surface area contributed by atoms with E-state index in [9.17, 15) is 9.59 Å². The maximum absolute atomic E-state index is 12.2. The normalized spacial score (nSPS) is 17.5. The number of hydrogen-bond donors (Lipinski definition) is 2. The number of likely N-dealkylation sites (N-methyl/N-ethyl adjacent to an activating group) is 2. The van der Waals surface area contributed by atoms with Gasteiger partial charge in [0.1, 0.15) is 0 Å². The predicted molar refractivity (Wildman–Crippen MR) is 72.5 cm³/mol. The highest BCUT2D eigenvalue weighted by Gasteiger charge is 2.26. The average molecular weight is 261 g/mol. The third kappa shape index (κ3) is 3.12. The maximum atomic E-state index is 12.2. The molecular formula is C14H19N3O2. The minimum Gasteiger partial charge on any atom is -0.358 e. The lowest BCUT2D eigenvalue weighted by atomic mass is 9.95. The van der Waals surface area contributed by atoms with Gasteiger partial charge in [0.2, 0.25) is 11.8 Å². The first kappa shape index (κ1) is 13.5. The fraction of sp³-hybridized carbons (Fsp3) is 0.429. The Morgan fingerprint density at radius 1 is 1.37 bits per heavy atom. The van der Waals surface area contributed by atoms with Crippen LogP contribution in [0.1, 0.15) is 11.1 Å². The molecule has 2 amide bonds. The molecule has 1 aromatic rings. The third-order valence-electron chi connectivity index (χ3n) is 3.42. The summed E-state index contributed by atoms with van der Waals surface area (Å²) in [7, 11) is 3.22. The summed E-state index contributed by atoms with van der Waals surface area (Å²) in [6, 6.07) is 7.86. The maximum Gasteiger partial charge on any atom is 0.240 e. The zero-order valence-corrected chi connectivity index (χ0v) is 11.3. The Balaban J connectivity index is 2.00. The molecule has 0 spiro atoms. The van der Waals surface area contributed by atoms with Gasteiger partial charge >= 0.3 is 0 Å². The van der Waals surface area contributed by atoms with E-state index in [-0.39, 0.29) is 24.4 Å². The average Bonchev–Trinajstić information content (AvgIpc) is 2.45. The first-order chi connectivity index (χ1) is 9.11. The van der Waals surface area contributed by atoms with Gasteiger partial charge in [0.15, 0.2) is 0 Å². The van der Waals surface area contributed by atoms with E-state index in [0.717, 1.165) is 0 Å². The quantitative estimate of drug-likeness (QED) is 0.799. The molecule has 1 heterocycles. The van der Waals surface area contributed by atoms with Crippen molar-refractivity contribution in [3.63, 3.8) is 0 Å². The van der Waals surface area contributed by atoms with Gasteiger partial charge in [-0.05, 0) is 17.5 Å². The zero-order chi connectivity index (χ0) is 13.8. The fourth-order valence-corrected chi connectivity index (χ4v) is 2.27. The Labute approximate surface area is 113 Å². The number of hydrogen-bond acceptors (Lipinski definition) is 3. The lowest BCUT2D eigenvalue weighted by Gasteiger charge is -2.28. The van der Waals surface area contributed by atoms with Gasteiger partial charge in [0.25, 0.3) is 0 Å². The van der Waals surface area contributed by atoms with Crippen molar-refractivity contribution in [2.24, 2.45) is 0 Å². The van der Waals surface area contributed by atoms with Crippen LogP contribution in [-0.2, 0) is 22.6 Å². The van der Waals surface area contributed by atoms with Crippen molar-refractivity contribution in [1.29, 1.82) is 0 Å². The molecular weight excluding hydrogens is 242 g/mol. The molecule has 0 fully saturated rings. The SMILES string of the molecule is CNC(=O)CN(C)C(=O)C1Cc2ccccc2CN1. The Bertz CT molecular complexity index is 487. The molecule has 102 valence electrons. The molecule has 0 bridgehead atoms. The van der Waals surface area contributed by atoms with Crippen LogP contribution in [0.2, 0.25) is 0 Å². The molecule has 5 nitrogen and oxygen atoms in total. The number of fused-ring (bicyclic) bond motifs is 1. The second kappa shape index (κ2) is 5.84. The van der Waals surface area contributed by atoms with Crippen LogP contribution in [0.25, 0.3) is 0 Å². The largest absolute Gasteiger partial charge is 0.358 e. The third-order valence-corrected chi connectivity index (χ3v) is 3.42. The molecule has 19 heavy (non-hydrogen) atoms. The van der Waals surface area contributed by atoms with Crippen molar-refractivity contribution < 1.29 is 9.59 Å². The first-order valence-electron chi connectivity index (χ1n) is 6.37. The summed E-state index contributed by atoms with van der Waals surface area (Å²) in [6.07, 6.45) is 0.674. The predicted octanol–water partition coefficient (Wildman–Crippen LogP) is -0.0947. The number of amides is 2. The molecule has 2 N–H and O–H groups in total. The van der Waals surface area contributed by atoms with E-state index in [0.29, 0.717) is 13.0 Å². The Kier molecular flexibility index (Phi) is 4.16. The molecule has 0 radical (unpaired) electrons. The van der Waals surface area contributed by atoms with E-state index < -0.39 is 0 Å². The Hall–Kier alpha value is -1.88. The monoisotopic (exact) mass is 261 g/mol. The van der Waals surface area contributed by atoms with Gasteiger partial charge < -0.3 is 15.5 Å². The Morgan fingerprint density at radius 3 is 2.74 bits per heavy atom. The van der Waals surface area contributed by atoms with E-state index in [1.54, 1.807) is 14.1 Å². The molecule has 0 saturated carbocycles. The van der Waals surface area contributed by atoms with Crippen LogP contribution in [0.5, 0.6) is 0 Å². The molecule has 0 saturated heterocycles. The van der Waals surface area contributed by atoms with E-state index in [1.807, 2.05) is 12.1 Å². The standard InChI is InChI=1S/C14H19N3O2/c1-15-13(18)9-17(2)14(19)12-7-10-5-3-4-6-11(10)8-16-12/h3-6,12,16H,7-9H2,1-2H3,(H,15,18). The minimum atomic E-state index is -0.246. The van der Waals surface area contributed by atoms with E-state index in [2.05, 4.69) is 22.8 Å². The Morgan fingerprint density at radius 2 is 2.05 bits per heavy atom. The van der Waals surface area contributed by atoms with Gasteiger partial charge in [-0.3, -0.25) is 9.59 Å². The molecule has 0 aliphatic carbocycles. The van der Waals surface area contributed by atoms with Crippen molar-refractivity contribution in [3.05, 3.63) is 35.4 Å². The van der Waals surface area contributed by atoms with Gasteiger partial charge in [-0.1, -0.05) is 24.3 Å². The highest BCUT2D eigenvalue weighted by molar-refractivity contribution is 5.87. The van der Waals surface area contributed by atoms with Gasteiger partial charge in [0, 0.05) is 20.6 Å². The lowest BCUT2D eigenvalue weighted by molar-refractivity contribution is -0.136. The molecule has 1 aliphatic heterocycles. The summed E-state index contributed by atoms with van der Waals surface area (Å²) in [5.74, 6) is -0.204. The van der Waals surface area contributed by atoms with Gasteiger partial charge in [-0.2, -0.15) is 0 Å².